The van der Waals surface area contributed by atoms with E-state index in [0.717, 1.165) is 43.8 Å². The topological polar surface area (TPSA) is 13.1 Å². The smallest absolute Gasteiger partial charge is 0.135 e. The Balaban J connectivity index is 1.47. The van der Waals surface area contributed by atoms with Crippen LogP contribution < -0.4 is 0 Å². The first-order valence-electron chi connectivity index (χ1n) is 19.4. The van der Waals surface area contributed by atoms with Crippen LogP contribution >= 0.6 is 0 Å². The van der Waals surface area contributed by atoms with Gasteiger partial charge in [-0.05, 0) is 83.9 Å². The summed E-state index contributed by atoms with van der Waals surface area (Å²) in [5.74, 6) is 0. The summed E-state index contributed by atoms with van der Waals surface area (Å²) in [4.78, 5) is 0. The van der Waals surface area contributed by atoms with Crippen molar-refractivity contribution in [2.45, 2.75) is 0 Å². The normalized spacial score (nSPS) is 15.3. The predicted molar refractivity (Wildman–Crippen MR) is 183 cm³/mol. The Morgan fingerprint density at radius 2 is 0.907 bits per heavy atom. The van der Waals surface area contributed by atoms with Crippen molar-refractivity contribution >= 4 is 54.3 Å². The molecule has 1 aromatic heterocycles. The van der Waals surface area contributed by atoms with E-state index >= 15 is 0 Å². The van der Waals surface area contributed by atoms with Gasteiger partial charge in [-0.25, -0.2) is 0 Å². The number of hydrogen-bond donors (Lipinski definition) is 0. The number of rotatable bonds is 3. The summed E-state index contributed by atoms with van der Waals surface area (Å²) < 4.78 is 103. The quantitative estimate of drug-likeness (QED) is 0.197. The molecule has 0 spiro atoms. The molecular formula is C42H26O. The second-order valence-corrected chi connectivity index (χ2v) is 10.4. The minimum Gasteiger partial charge on any atom is -0.456 e. The Morgan fingerprint density at radius 3 is 1.60 bits per heavy atom. The molecule has 0 radical (unpaired) electrons. The summed E-state index contributed by atoms with van der Waals surface area (Å²) in [6.45, 7) is 0. The maximum atomic E-state index is 9.60. The van der Waals surface area contributed by atoms with E-state index in [0.29, 0.717) is 16.3 Å². The highest BCUT2D eigenvalue weighted by Crippen LogP contribution is 2.47. The molecule has 0 atom stereocenters. The van der Waals surface area contributed by atoms with E-state index in [2.05, 4.69) is 6.07 Å². The zero-order chi connectivity index (χ0) is 37.9. The Labute approximate surface area is 264 Å². The lowest BCUT2D eigenvalue weighted by molar-refractivity contribution is 0.669. The predicted octanol–water partition coefficient (Wildman–Crippen LogP) is 12.0. The Bertz CT molecular complexity index is 3040. The summed E-state index contributed by atoms with van der Waals surface area (Å²) in [5.41, 5.74) is 3.13. The molecular weight excluding hydrogens is 520 g/mol. The number of para-hydroxylation sites is 1. The van der Waals surface area contributed by atoms with Crippen LogP contribution in [0.5, 0.6) is 0 Å². The number of hydrogen-bond acceptors (Lipinski definition) is 1. The van der Waals surface area contributed by atoms with E-state index in [-0.39, 0.29) is 21.9 Å². The second kappa shape index (κ2) is 9.44. The van der Waals surface area contributed by atoms with Gasteiger partial charge in [0.1, 0.15) is 11.2 Å². The van der Waals surface area contributed by atoms with Crippen molar-refractivity contribution in [3.05, 3.63) is 157 Å². The first kappa shape index (κ1) is 15.5. The summed E-state index contributed by atoms with van der Waals surface area (Å²) in [6.07, 6.45) is 0. The molecule has 0 amide bonds. The van der Waals surface area contributed by atoms with Crippen LogP contribution in [-0.2, 0) is 0 Å². The van der Waals surface area contributed by atoms with Gasteiger partial charge in [0.15, 0.2) is 0 Å². The molecule has 0 unspecified atom stereocenters. The second-order valence-electron chi connectivity index (χ2n) is 10.4. The fourth-order valence-corrected chi connectivity index (χ4v) is 6.28. The molecule has 0 bridgehead atoms. The molecule has 0 aliphatic heterocycles. The molecule has 1 nitrogen and oxygen atoms in total. The van der Waals surface area contributed by atoms with Crippen molar-refractivity contribution in [1.82, 2.24) is 0 Å². The van der Waals surface area contributed by atoms with E-state index in [1.807, 2.05) is 84.9 Å². The first-order chi connectivity index (χ1) is 25.9. The molecule has 0 aliphatic carbocycles. The van der Waals surface area contributed by atoms with E-state index in [9.17, 15) is 4.11 Å². The molecule has 1 heteroatoms. The lowest BCUT2D eigenvalue weighted by Crippen LogP contribution is -1.92. The number of fused-ring (bicyclic) bond motifs is 6. The van der Waals surface area contributed by atoms with Crippen molar-refractivity contribution in [3.63, 3.8) is 0 Å². The highest BCUT2D eigenvalue weighted by molar-refractivity contribution is 6.24. The van der Waals surface area contributed by atoms with Gasteiger partial charge in [-0.1, -0.05) is 139 Å². The van der Waals surface area contributed by atoms with Gasteiger partial charge >= 0.3 is 0 Å². The van der Waals surface area contributed by atoms with Crippen molar-refractivity contribution < 1.29 is 19.5 Å². The average molecular weight is 558 g/mol. The van der Waals surface area contributed by atoms with E-state index in [1.54, 1.807) is 0 Å². The number of benzene rings is 8. The zero-order valence-corrected chi connectivity index (χ0v) is 22.6. The molecule has 0 saturated carbocycles. The van der Waals surface area contributed by atoms with Crippen LogP contribution in [0.25, 0.3) is 87.6 Å². The fraction of sp³-hybridized carbons (Fsp3) is 0. The molecule has 8 aromatic carbocycles. The van der Waals surface area contributed by atoms with Gasteiger partial charge in [-0.2, -0.15) is 0 Å². The lowest BCUT2D eigenvalue weighted by Gasteiger charge is -2.19. The van der Waals surface area contributed by atoms with Gasteiger partial charge in [0, 0.05) is 10.8 Å². The van der Waals surface area contributed by atoms with E-state index in [1.165, 1.54) is 0 Å². The van der Waals surface area contributed by atoms with Crippen molar-refractivity contribution in [1.29, 1.82) is 0 Å². The Hall–Kier alpha value is -5.66. The van der Waals surface area contributed by atoms with Crippen molar-refractivity contribution in [2.75, 3.05) is 0 Å². The van der Waals surface area contributed by atoms with Crippen molar-refractivity contribution in [3.8, 4) is 33.4 Å². The maximum Gasteiger partial charge on any atom is 0.135 e. The Morgan fingerprint density at radius 1 is 0.372 bits per heavy atom. The van der Waals surface area contributed by atoms with Crippen LogP contribution in [0.3, 0.4) is 0 Å². The molecule has 9 aromatic rings. The van der Waals surface area contributed by atoms with Gasteiger partial charge < -0.3 is 4.42 Å². The van der Waals surface area contributed by atoms with Crippen LogP contribution in [-0.4, -0.2) is 0 Å². The molecule has 0 aliphatic rings. The maximum absolute atomic E-state index is 9.60. The highest BCUT2D eigenvalue weighted by Gasteiger charge is 2.19. The van der Waals surface area contributed by atoms with Crippen LogP contribution in [0, 0.1) is 0 Å². The minimum atomic E-state index is -0.663. The minimum absolute atomic E-state index is 0.0772. The van der Waals surface area contributed by atoms with Gasteiger partial charge in [0.25, 0.3) is 0 Å². The summed E-state index contributed by atoms with van der Waals surface area (Å²) >= 11 is 0. The van der Waals surface area contributed by atoms with Gasteiger partial charge in [-0.3, -0.25) is 0 Å². The Kier molecular flexibility index (Phi) is 3.41. The molecule has 0 saturated heterocycles. The summed E-state index contributed by atoms with van der Waals surface area (Å²) in [7, 11) is 0. The van der Waals surface area contributed by atoms with Crippen LogP contribution in [0.1, 0.15) is 15.1 Å². The van der Waals surface area contributed by atoms with Crippen LogP contribution in [0.15, 0.2) is 162 Å². The third-order valence-corrected chi connectivity index (χ3v) is 8.10. The molecule has 1 heterocycles. The molecule has 43 heavy (non-hydrogen) atoms. The van der Waals surface area contributed by atoms with Crippen LogP contribution in [0.4, 0.5) is 0 Å². The standard InChI is InChI=1S/C42H26O/c1-2-12-27(13-3-1)29-23-24-37(31-15-5-4-14-30(29)31)42-35-19-8-6-17-33(35)41(34-18-7-9-20-36(34)42)28-22-25-40-38(26-28)32-16-10-11-21-39(32)43-40/h1-26H/i1D,2D,3D,4D,5D,12D,13D,14D,15D,23D,24D. The summed E-state index contributed by atoms with van der Waals surface area (Å²) in [6, 6.07) is 22.7. The molecule has 9 rings (SSSR count). The molecule has 0 N–H and O–H groups in total. The van der Waals surface area contributed by atoms with Gasteiger partial charge in [-0.15, -0.1) is 0 Å². The lowest BCUT2D eigenvalue weighted by atomic mass is 9.83. The van der Waals surface area contributed by atoms with Crippen molar-refractivity contribution in [2.24, 2.45) is 0 Å². The molecule has 0 fully saturated rings. The largest absolute Gasteiger partial charge is 0.456 e. The van der Waals surface area contributed by atoms with E-state index in [4.69, 9.17) is 15.4 Å². The molecule has 200 valence electrons. The third-order valence-electron chi connectivity index (χ3n) is 8.10. The monoisotopic (exact) mass is 557 g/mol. The number of furan rings is 1. The van der Waals surface area contributed by atoms with E-state index < -0.39 is 72.0 Å². The zero-order valence-electron chi connectivity index (χ0n) is 33.6. The third kappa shape index (κ3) is 3.65. The summed E-state index contributed by atoms with van der Waals surface area (Å²) in [5, 5.41) is 4.56. The van der Waals surface area contributed by atoms with Gasteiger partial charge in [0.05, 0.1) is 15.1 Å². The SMILES string of the molecule is [2H]c1c([2H])c([2H])c(-c2c([2H])c([2H])c(-c3c4ccccc4c(-c4ccc5oc6ccccc6c5c4)c4ccccc34)c3c([2H])c([2H])c([2H])c([2H])c23)c([2H])c1[2H]. The van der Waals surface area contributed by atoms with Crippen LogP contribution in [0.2, 0.25) is 0 Å². The highest BCUT2D eigenvalue weighted by atomic mass is 16.3. The first-order valence-corrected chi connectivity index (χ1v) is 13.9. The fourth-order valence-electron chi connectivity index (χ4n) is 6.28. The van der Waals surface area contributed by atoms with Gasteiger partial charge in [0.2, 0.25) is 0 Å². The average Bonchev–Trinajstić information content (AvgIpc) is 3.56.